The van der Waals surface area contributed by atoms with Crippen LogP contribution in [0.2, 0.25) is 0 Å². The van der Waals surface area contributed by atoms with Gasteiger partial charge in [0.05, 0.1) is 0 Å². The van der Waals surface area contributed by atoms with Crippen LogP contribution >= 0.6 is 0 Å². The Kier molecular flexibility index (Phi) is 4.53. The van der Waals surface area contributed by atoms with Crippen LogP contribution in [0.4, 0.5) is 0 Å². The first-order chi connectivity index (χ1) is 4.31. The molecule has 1 heteroatoms. The van der Waals surface area contributed by atoms with Crippen LogP contribution in [0.25, 0.3) is 0 Å². The first-order valence-corrected chi connectivity index (χ1v) is 2.90. The van der Waals surface area contributed by atoms with Gasteiger partial charge in [-0.25, -0.2) is 0 Å². The van der Waals surface area contributed by atoms with E-state index in [1.807, 2.05) is 6.92 Å². The molecule has 1 nitrogen and oxygen atoms in total. The van der Waals surface area contributed by atoms with Crippen LogP contribution in [0, 0.1) is 12.3 Å². The second kappa shape index (κ2) is 5.11. The second-order valence-corrected chi connectivity index (χ2v) is 1.67. The standard InChI is InChI=1S/C8H10O/c1-3-5-7-8(9)6-4-2/h1,4,6H,5,7H2,2H3/b6-4+. The van der Waals surface area contributed by atoms with Gasteiger partial charge in [-0.1, -0.05) is 6.08 Å². The molecule has 0 radical (unpaired) electrons. The van der Waals surface area contributed by atoms with E-state index < -0.39 is 0 Å². The average Bonchev–Trinajstić information content (AvgIpc) is 1.85. The molecule has 0 unspecified atom stereocenters. The summed E-state index contributed by atoms with van der Waals surface area (Å²) in [6.07, 6.45) is 9.22. The molecular formula is C8H10O. The molecule has 0 rings (SSSR count). The van der Waals surface area contributed by atoms with Gasteiger partial charge in [-0.3, -0.25) is 4.79 Å². The molecule has 0 aromatic rings. The summed E-state index contributed by atoms with van der Waals surface area (Å²) in [5, 5.41) is 0. The van der Waals surface area contributed by atoms with Gasteiger partial charge < -0.3 is 0 Å². The Morgan fingerprint density at radius 2 is 2.44 bits per heavy atom. The maximum absolute atomic E-state index is 10.6. The number of hydrogen-bond acceptors (Lipinski definition) is 1. The summed E-state index contributed by atoms with van der Waals surface area (Å²) in [7, 11) is 0. The lowest BCUT2D eigenvalue weighted by molar-refractivity contribution is -0.114. The minimum absolute atomic E-state index is 0.107. The molecule has 9 heavy (non-hydrogen) atoms. The summed E-state index contributed by atoms with van der Waals surface area (Å²) < 4.78 is 0. The fourth-order valence-electron chi connectivity index (χ4n) is 0.465. The highest BCUT2D eigenvalue weighted by molar-refractivity contribution is 5.89. The third-order valence-electron chi connectivity index (χ3n) is 0.868. The Labute approximate surface area is 55.8 Å². The zero-order chi connectivity index (χ0) is 7.11. The molecule has 0 fully saturated rings. The first kappa shape index (κ1) is 7.97. The summed E-state index contributed by atoms with van der Waals surface area (Å²) >= 11 is 0. The van der Waals surface area contributed by atoms with Crippen LogP contribution in [0.1, 0.15) is 19.8 Å². The van der Waals surface area contributed by atoms with Crippen molar-refractivity contribution in [2.75, 3.05) is 0 Å². The Morgan fingerprint density at radius 1 is 1.78 bits per heavy atom. The van der Waals surface area contributed by atoms with Gasteiger partial charge >= 0.3 is 0 Å². The van der Waals surface area contributed by atoms with Crippen molar-refractivity contribution >= 4 is 5.78 Å². The smallest absolute Gasteiger partial charge is 0.156 e. The van der Waals surface area contributed by atoms with E-state index in [1.54, 1.807) is 6.08 Å². The predicted molar refractivity (Wildman–Crippen MR) is 37.9 cm³/mol. The molecule has 0 saturated heterocycles. The van der Waals surface area contributed by atoms with E-state index in [-0.39, 0.29) is 5.78 Å². The average molecular weight is 122 g/mol. The SMILES string of the molecule is C#CCCC(=O)/C=C/C. The highest BCUT2D eigenvalue weighted by Gasteiger charge is 1.90. The van der Waals surface area contributed by atoms with Crippen LogP contribution in [-0.2, 0) is 4.79 Å². The van der Waals surface area contributed by atoms with Gasteiger partial charge in [0.1, 0.15) is 0 Å². The fraction of sp³-hybridized carbons (Fsp3) is 0.375. The molecule has 48 valence electrons. The summed E-state index contributed by atoms with van der Waals surface area (Å²) in [5.74, 6) is 2.51. The molecule has 0 bridgehead atoms. The Hall–Kier alpha value is -1.03. The van der Waals surface area contributed by atoms with Gasteiger partial charge in [0.2, 0.25) is 0 Å². The molecule has 0 aliphatic carbocycles. The maximum Gasteiger partial charge on any atom is 0.156 e. The van der Waals surface area contributed by atoms with Crippen molar-refractivity contribution in [3.05, 3.63) is 12.2 Å². The molecule has 0 aromatic heterocycles. The fourth-order valence-corrected chi connectivity index (χ4v) is 0.465. The third kappa shape index (κ3) is 4.83. The van der Waals surface area contributed by atoms with Crippen LogP contribution in [0.5, 0.6) is 0 Å². The third-order valence-corrected chi connectivity index (χ3v) is 0.868. The molecule has 0 N–H and O–H groups in total. The normalized spacial score (nSPS) is 9.33. The van der Waals surface area contributed by atoms with E-state index in [4.69, 9.17) is 6.42 Å². The topological polar surface area (TPSA) is 17.1 Å². The Bertz CT molecular complexity index is 148. The van der Waals surface area contributed by atoms with E-state index >= 15 is 0 Å². The van der Waals surface area contributed by atoms with Gasteiger partial charge in [0, 0.05) is 12.8 Å². The minimum Gasteiger partial charge on any atom is -0.295 e. The predicted octanol–water partition coefficient (Wildman–Crippen LogP) is 1.54. The van der Waals surface area contributed by atoms with E-state index in [2.05, 4.69) is 5.92 Å². The summed E-state index contributed by atoms with van der Waals surface area (Å²) in [6.45, 7) is 1.81. The second-order valence-electron chi connectivity index (χ2n) is 1.67. The molecule has 0 saturated carbocycles. The molecule has 0 aliphatic rings. The van der Waals surface area contributed by atoms with Crippen LogP contribution < -0.4 is 0 Å². The highest BCUT2D eigenvalue weighted by atomic mass is 16.1. The number of allylic oxidation sites excluding steroid dienone is 2. The monoisotopic (exact) mass is 122 g/mol. The largest absolute Gasteiger partial charge is 0.295 e. The van der Waals surface area contributed by atoms with Crippen molar-refractivity contribution in [2.45, 2.75) is 19.8 Å². The van der Waals surface area contributed by atoms with Crippen molar-refractivity contribution in [3.63, 3.8) is 0 Å². The minimum atomic E-state index is 0.107. The summed E-state index contributed by atoms with van der Waals surface area (Å²) in [5.41, 5.74) is 0. The van der Waals surface area contributed by atoms with E-state index in [1.165, 1.54) is 6.08 Å². The maximum atomic E-state index is 10.6. The van der Waals surface area contributed by atoms with Crippen molar-refractivity contribution in [2.24, 2.45) is 0 Å². The van der Waals surface area contributed by atoms with Gasteiger partial charge in [0.25, 0.3) is 0 Å². The number of terminal acetylenes is 1. The number of ketones is 1. The molecular weight excluding hydrogens is 112 g/mol. The van der Waals surface area contributed by atoms with Gasteiger partial charge in [-0.2, -0.15) is 0 Å². The molecule has 0 aliphatic heterocycles. The zero-order valence-corrected chi connectivity index (χ0v) is 5.55. The van der Waals surface area contributed by atoms with Gasteiger partial charge in [-0.05, 0) is 13.0 Å². The van der Waals surface area contributed by atoms with Gasteiger partial charge in [0.15, 0.2) is 5.78 Å². The Morgan fingerprint density at radius 3 is 2.89 bits per heavy atom. The summed E-state index contributed by atoms with van der Waals surface area (Å²) in [6, 6.07) is 0. The quantitative estimate of drug-likeness (QED) is 0.410. The van der Waals surface area contributed by atoms with Crippen LogP contribution in [0.15, 0.2) is 12.2 Å². The van der Waals surface area contributed by atoms with E-state index in [0.717, 1.165) is 0 Å². The summed E-state index contributed by atoms with van der Waals surface area (Å²) in [4.78, 5) is 10.6. The van der Waals surface area contributed by atoms with Crippen molar-refractivity contribution in [1.82, 2.24) is 0 Å². The highest BCUT2D eigenvalue weighted by Crippen LogP contribution is 1.89. The van der Waals surface area contributed by atoms with Gasteiger partial charge in [-0.15, -0.1) is 12.3 Å². The van der Waals surface area contributed by atoms with Crippen molar-refractivity contribution < 1.29 is 4.79 Å². The van der Waals surface area contributed by atoms with E-state index in [0.29, 0.717) is 12.8 Å². The van der Waals surface area contributed by atoms with E-state index in [9.17, 15) is 4.79 Å². The Balaban J connectivity index is 3.42. The molecule has 0 heterocycles. The van der Waals surface area contributed by atoms with Crippen LogP contribution in [-0.4, -0.2) is 5.78 Å². The number of hydrogen-bond donors (Lipinski definition) is 0. The lowest BCUT2D eigenvalue weighted by atomic mass is 10.2. The molecule has 0 amide bonds. The number of carbonyl (C=O) groups is 1. The zero-order valence-electron chi connectivity index (χ0n) is 5.55. The van der Waals surface area contributed by atoms with Crippen molar-refractivity contribution in [3.8, 4) is 12.3 Å². The van der Waals surface area contributed by atoms with Crippen LogP contribution in [0.3, 0.4) is 0 Å². The molecule has 0 atom stereocenters. The lowest BCUT2D eigenvalue weighted by Crippen LogP contribution is -1.89. The first-order valence-electron chi connectivity index (χ1n) is 2.90. The molecule has 0 spiro atoms. The number of rotatable bonds is 3. The molecule has 0 aromatic carbocycles. The number of carbonyl (C=O) groups excluding carboxylic acids is 1. The lowest BCUT2D eigenvalue weighted by Gasteiger charge is -1.84. The van der Waals surface area contributed by atoms with Crippen molar-refractivity contribution in [1.29, 1.82) is 0 Å².